The number of piperidine rings is 1. The molecule has 2 fully saturated rings. The van der Waals surface area contributed by atoms with Crippen LogP contribution in [0.25, 0.3) is 0 Å². The fourth-order valence-corrected chi connectivity index (χ4v) is 4.91. The predicted molar refractivity (Wildman–Crippen MR) is 141 cm³/mol. The molecule has 2 aromatic carbocycles. The summed E-state index contributed by atoms with van der Waals surface area (Å²) in [5.41, 5.74) is 2.52. The van der Waals surface area contributed by atoms with Gasteiger partial charge in [0.15, 0.2) is 0 Å². The number of benzene rings is 2. The van der Waals surface area contributed by atoms with Crippen LogP contribution in [0.2, 0.25) is 5.02 Å². The largest absolute Gasteiger partial charge is 0.352 e. The number of carbonyl (C=O) groups excluding carboxylic acids is 2. The van der Waals surface area contributed by atoms with Gasteiger partial charge < -0.3 is 25.3 Å². The number of hydrogen-bond acceptors (Lipinski definition) is 4. The van der Waals surface area contributed by atoms with Crippen LogP contribution in [-0.4, -0.2) is 86.0 Å². The quantitative estimate of drug-likeness (QED) is 0.565. The number of carbonyl (C=O) groups is 2. The molecule has 1 unspecified atom stereocenters. The molecular formula is C27H36ClN5O2. The number of nitrogens with zero attached hydrogens (tertiary/aromatic N) is 3. The molecule has 2 aliphatic rings. The molecule has 0 saturated carbocycles. The Bertz CT molecular complexity index is 991. The Labute approximate surface area is 213 Å². The molecule has 0 radical (unpaired) electrons. The van der Waals surface area contributed by atoms with Crippen molar-refractivity contribution in [1.29, 1.82) is 0 Å². The maximum Gasteiger partial charge on any atom is 0.321 e. The first kappa shape index (κ1) is 25.5. The molecule has 2 N–H and O–H groups in total. The number of anilines is 1. The maximum atomic E-state index is 12.8. The molecule has 2 aromatic rings. The number of piperazine rings is 1. The molecule has 4 rings (SSSR count). The fraction of sp³-hybridized carbons (Fsp3) is 0.481. The number of amides is 3. The second-order valence-corrected chi connectivity index (χ2v) is 10.0. The van der Waals surface area contributed by atoms with Crippen molar-refractivity contribution in [3.63, 3.8) is 0 Å². The third kappa shape index (κ3) is 7.43. The van der Waals surface area contributed by atoms with Gasteiger partial charge in [-0.15, -0.1) is 0 Å². The highest BCUT2D eigenvalue weighted by Gasteiger charge is 2.25. The Morgan fingerprint density at radius 1 is 1.03 bits per heavy atom. The van der Waals surface area contributed by atoms with E-state index < -0.39 is 0 Å². The van der Waals surface area contributed by atoms with Crippen molar-refractivity contribution in [2.75, 3.05) is 64.7 Å². The molecule has 8 heteroatoms. The summed E-state index contributed by atoms with van der Waals surface area (Å²) in [4.78, 5) is 32.2. The Morgan fingerprint density at radius 2 is 1.80 bits per heavy atom. The summed E-state index contributed by atoms with van der Waals surface area (Å²) in [6, 6.07) is 14.9. The average Bonchev–Trinajstić information content (AvgIpc) is 2.89. The summed E-state index contributed by atoms with van der Waals surface area (Å²) in [5, 5.41) is 6.67. The summed E-state index contributed by atoms with van der Waals surface area (Å²) in [5.74, 6) is 0.183. The minimum Gasteiger partial charge on any atom is -0.352 e. The van der Waals surface area contributed by atoms with Gasteiger partial charge in [-0.25, -0.2) is 4.79 Å². The molecule has 2 heterocycles. The number of likely N-dealkylation sites (N-methyl/N-ethyl adjacent to an activating group) is 1. The van der Waals surface area contributed by atoms with E-state index in [1.807, 2.05) is 23.1 Å². The topological polar surface area (TPSA) is 67.9 Å². The first-order valence-electron chi connectivity index (χ1n) is 12.6. The SMILES string of the molecule is CN1CCN(CCCNC(=O)c2cccc(C3CCCN(C(=O)Nc4ccc(Cl)cc4)C3)c2)CC1. The van der Waals surface area contributed by atoms with Gasteiger partial charge in [-0.1, -0.05) is 23.7 Å². The van der Waals surface area contributed by atoms with Crippen molar-refractivity contribution >= 4 is 29.2 Å². The zero-order valence-electron chi connectivity index (χ0n) is 20.5. The van der Waals surface area contributed by atoms with E-state index in [2.05, 4.69) is 33.5 Å². The third-order valence-corrected chi connectivity index (χ3v) is 7.21. The lowest BCUT2D eigenvalue weighted by molar-refractivity contribution is 0.0949. The van der Waals surface area contributed by atoms with Crippen molar-refractivity contribution in [1.82, 2.24) is 20.0 Å². The van der Waals surface area contributed by atoms with Gasteiger partial charge in [-0.05, 0) is 74.8 Å². The minimum atomic E-state index is -0.105. The van der Waals surface area contributed by atoms with E-state index in [0.717, 1.165) is 69.8 Å². The van der Waals surface area contributed by atoms with Crippen LogP contribution in [0.1, 0.15) is 41.1 Å². The van der Waals surface area contributed by atoms with Crippen LogP contribution in [0.3, 0.4) is 0 Å². The van der Waals surface area contributed by atoms with Gasteiger partial charge in [-0.2, -0.15) is 0 Å². The zero-order valence-corrected chi connectivity index (χ0v) is 21.3. The van der Waals surface area contributed by atoms with Crippen LogP contribution < -0.4 is 10.6 Å². The Hall–Kier alpha value is -2.61. The Kier molecular flexibility index (Phi) is 9.01. The average molecular weight is 498 g/mol. The van der Waals surface area contributed by atoms with Crippen molar-refractivity contribution in [2.24, 2.45) is 0 Å². The van der Waals surface area contributed by atoms with E-state index in [4.69, 9.17) is 11.6 Å². The lowest BCUT2D eigenvalue weighted by Crippen LogP contribution is -2.45. The highest BCUT2D eigenvalue weighted by atomic mass is 35.5. The summed E-state index contributed by atoms with van der Waals surface area (Å²) in [6.45, 7) is 7.48. The predicted octanol–water partition coefficient (Wildman–Crippen LogP) is 4.12. The summed E-state index contributed by atoms with van der Waals surface area (Å²) >= 11 is 5.94. The van der Waals surface area contributed by atoms with Gasteiger partial charge >= 0.3 is 6.03 Å². The molecule has 2 aliphatic heterocycles. The summed E-state index contributed by atoms with van der Waals surface area (Å²) < 4.78 is 0. The third-order valence-electron chi connectivity index (χ3n) is 6.96. The highest BCUT2D eigenvalue weighted by Crippen LogP contribution is 2.28. The van der Waals surface area contributed by atoms with E-state index in [0.29, 0.717) is 23.7 Å². The Balaban J connectivity index is 1.26. The van der Waals surface area contributed by atoms with E-state index in [1.54, 1.807) is 24.3 Å². The molecule has 3 amide bonds. The Morgan fingerprint density at radius 3 is 2.57 bits per heavy atom. The van der Waals surface area contributed by atoms with Crippen LogP contribution >= 0.6 is 11.6 Å². The van der Waals surface area contributed by atoms with Crippen LogP contribution in [0.4, 0.5) is 10.5 Å². The number of hydrogen-bond donors (Lipinski definition) is 2. The smallest absolute Gasteiger partial charge is 0.321 e. The lowest BCUT2D eigenvalue weighted by atomic mass is 9.89. The first-order chi connectivity index (χ1) is 17.0. The molecule has 0 aliphatic carbocycles. The summed E-state index contributed by atoms with van der Waals surface area (Å²) in [6.07, 6.45) is 2.89. The van der Waals surface area contributed by atoms with E-state index in [1.165, 1.54) is 0 Å². The molecule has 1 atom stereocenters. The minimum absolute atomic E-state index is 0.0293. The second-order valence-electron chi connectivity index (χ2n) is 9.60. The fourth-order valence-electron chi connectivity index (χ4n) is 4.78. The van der Waals surface area contributed by atoms with E-state index >= 15 is 0 Å². The molecule has 0 spiro atoms. The number of likely N-dealkylation sites (tertiary alicyclic amines) is 1. The molecule has 188 valence electrons. The van der Waals surface area contributed by atoms with Crippen LogP contribution in [-0.2, 0) is 0 Å². The van der Waals surface area contributed by atoms with Crippen LogP contribution in [0, 0.1) is 0 Å². The van der Waals surface area contributed by atoms with Gasteiger partial charge in [0.2, 0.25) is 0 Å². The lowest BCUT2D eigenvalue weighted by Gasteiger charge is -2.33. The van der Waals surface area contributed by atoms with Gasteiger partial charge in [0.1, 0.15) is 0 Å². The molecule has 7 nitrogen and oxygen atoms in total. The monoisotopic (exact) mass is 497 g/mol. The second kappa shape index (κ2) is 12.4. The van der Waals surface area contributed by atoms with Gasteiger partial charge in [0.25, 0.3) is 5.91 Å². The van der Waals surface area contributed by atoms with E-state index in [9.17, 15) is 9.59 Å². The number of halogens is 1. The van der Waals surface area contributed by atoms with Gasteiger partial charge in [-0.3, -0.25) is 4.79 Å². The van der Waals surface area contributed by atoms with Crippen molar-refractivity contribution in [2.45, 2.75) is 25.2 Å². The number of nitrogens with one attached hydrogen (secondary N) is 2. The van der Waals surface area contributed by atoms with Gasteiger partial charge in [0.05, 0.1) is 0 Å². The summed E-state index contributed by atoms with van der Waals surface area (Å²) in [7, 11) is 2.16. The molecule has 0 aromatic heterocycles. The van der Waals surface area contributed by atoms with Gasteiger partial charge in [0, 0.05) is 68.0 Å². The van der Waals surface area contributed by atoms with Crippen molar-refractivity contribution < 1.29 is 9.59 Å². The first-order valence-corrected chi connectivity index (χ1v) is 13.0. The molecular weight excluding hydrogens is 462 g/mol. The van der Waals surface area contributed by atoms with Crippen molar-refractivity contribution in [3.05, 3.63) is 64.7 Å². The zero-order chi connectivity index (χ0) is 24.6. The standard InChI is InChI=1S/C27H36ClN5O2/c1-31-15-17-32(18-16-31)13-4-12-29-26(34)22-6-2-5-21(19-22)23-7-3-14-33(20-23)27(35)30-25-10-8-24(28)9-11-25/h2,5-6,8-11,19,23H,3-4,7,12-18,20H2,1H3,(H,29,34)(H,30,35). The number of rotatable bonds is 7. The number of urea groups is 1. The molecule has 2 saturated heterocycles. The molecule has 0 bridgehead atoms. The highest BCUT2D eigenvalue weighted by molar-refractivity contribution is 6.30. The van der Waals surface area contributed by atoms with Crippen LogP contribution in [0.5, 0.6) is 0 Å². The van der Waals surface area contributed by atoms with Crippen LogP contribution in [0.15, 0.2) is 48.5 Å². The van der Waals surface area contributed by atoms with E-state index in [-0.39, 0.29) is 17.9 Å². The molecule has 35 heavy (non-hydrogen) atoms. The normalized spacial score (nSPS) is 19.4. The maximum absolute atomic E-state index is 12.8. The van der Waals surface area contributed by atoms with Crippen molar-refractivity contribution in [3.8, 4) is 0 Å².